The Hall–Kier alpha value is -1.33. The third kappa shape index (κ3) is 3.36. The molecule has 1 saturated heterocycles. The van der Waals surface area contributed by atoms with Crippen molar-refractivity contribution in [3.63, 3.8) is 0 Å². The van der Waals surface area contributed by atoms with Crippen LogP contribution in [0.3, 0.4) is 0 Å². The molecule has 0 amide bonds. The Kier molecular flexibility index (Phi) is 4.27. The number of carboxylic acids is 1. The predicted octanol–water partition coefficient (Wildman–Crippen LogP) is 1.96. The van der Waals surface area contributed by atoms with E-state index in [2.05, 4.69) is 28.9 Å². The number of piperidine rings is 1. The van der Waals surface area contributed by atoms with Crippen LogP contribution in [0, 0.1) is 0 Å². The summed E-state index contributed by atoms with van der Waals surface area (Å²) in [6.07, 6.45) is 2.22. The molecule has 1 atom stereocenters. The molecule has 1 N–H and O–H groups in total. The molecule has 104 valence electrons. The lowest BCUT2D eigenvalue weighted by Crippen LogP contribution is -2.45. The number of aromatic carboxylic acids is 1. The quantitative estimate of drug-likeness (QED) is 0.860. The van der Waals surface area contributed by atoms with Gasteiger partial charge in [0, 0.05) is 19.1 Å². The SMILES string of the molecule is CN(C)C1CCCN(c2cc(C(=O)O)cc(Cl)n2)C1. The van der Waals surface area contributed by atoms with Crippen molar-refractivity contribution < 1.29 is 9.90 Å². The van der Waals surface area contributed by atoms with Crippen LogP contribution in [0.25, 0.3) is 0 Å². The molecule has 1 unspecified atom stereocenters. The predicted molar refractivity (Wildman–Crippen MR) is 75.1 cm³/mol. The van der Waals surface area contributed by atoms with Crippen LogP contribution >= 0.6 is 11.6 Å². The van der Waals surface area contributed by atoms with Gasteiger partial charge < -0.3 is 14.9 Å². The summed E-state index contributed by atoms with van der Waals surface area (Å²) in [6.45, 7) is 1.73. The standard InChI is InChI=1S/C13H18ClN3O2/c1-16(2)10-4-3-5-17(8-10)12-7-9(13(18)19)6-11(14)15-12/h6-7,10H,3-5,8H2,1-2H3,(H,18,19). The maximum absolute atomic E-state index is 11.0. The van der Waals surface area contributed by atoms with Gasteiger partial charge in [-0.1, -0.05) is 11.6 Å². The van der Waals surface area contributed by atoms with E-state index in [1.54, 1.807) is 6.07 Å². The zero-order valence-corrected chi connectivity index (χ0v) is 11.9. The molecule has 6 heteroatoms. The molecule has 0 bridgehead atoms. The number of halogens is 1. The van der Waals surface area contributed by atoms with Crippen LogP contribution in [0.4, 0.5) is 5.82 Å². The second-order valence-electron chi connectivity index (χ2n) is 5.05. The van der Waals surface area contributed by atoms with E-state index in [4.69, 9.17) is 16.7 Å². The van der Waals surface area contributed by atoms with E-state index < -0.39 is 5.97 Å². The zero-order chi connectivity index (χ0) is 14.0. The van der Waals surface area contributed by atoms with E-state index in [9.17, 15) is 4.79 Å². The summed E-state index contributed by atoms with van der Waals surface area (Å²) in [7, 11) is 4.12. The Morgan fingerprint density at radius 3 is 2.89 bits per heavy atom. The van der Waals surface area contributed by atoms with Crippen LogP contribution in [-0.4, -0.2) is 54.2 Å². The fourth-order valence-corrected chi connectivity index (χ4v) is 2.56. The summed E-state index contributed by atoms with van der Waals surface area (Å²) < 4.78 is 0. The molecular weight excluding hydrogens is 266 g/mol. The Morgan fingerprint density at radius 1 is 1.53 bits per heavy atom. The molecule has 0 aliphatic carbocycles. The summed E-state index contributed by atoms with van der Waals surface area (Å²) in [6, 6.07) is 3.43. The molecule has 5 nitrogen and oxygen atoms in total. The fourth-order valence-electron chi connectivity index (χ4n) is 2.35. The minimum Gasteiger partial charge on any atom is -0.478 e. The number of rotatable bonds is 3. The Labute approximate surface area is 117 Å². The Morgan fingerprint density at radius 2 is 2.26 bits per heavy atom. The van der Waals surface area contributed by atoms with E-state index in [1.807, 2.05) is 0 Å². The molecule has 1 aliphatic rings. The average Bonchev–Trinajstić information content (AvgIpc) is 2.38. The first-order valence-corrected chi connectivity index (χ1v) is 6.67. The molecule has 0 spiro atoms. The second kappa shape index (κ2) is 5.75. The van der Waals surface area contributed by atoms with Gasteiger partial charge in [0.15, 0.2) is 0 Å². The van der Waals surface area contributed by atoms with Crippen molar-refractivity contribution in [1.82, 2.24) is 9.88 Å². The third-order valence-corrected chi connectivity index (χ3v) is 3.67. The van der Waals surface area contributed by atoms with Crippen LogP contribution in [-0.2, 0) is 0 Å². The van der Waals surface area contributed by atoms with Gasteiger partial charge in [-0.05, 0) is 39.1 Å². The molecule has 1 aromatic heterocycles. The van der Waals surface area contributed by atoms with Crippen LogP contribution in [0.2, 0.25) is 5.15 Å². The number of carbonyl (C=O) groups is 1. The molecule has 1 aliphatic heterocycles. The van der Waals surface area contributed by atoms with Gasteiger partial charge in [0.1, 0.15) is 11.0 Å². The number of hydrogen-bond donors (Lipinski definition) is 1. The van der Waals surface area contributed by atoms with Gasteiger partial charge in [0.05, 0.1) is 5.56 Å². The van der Waals surface area contributed by atoms with E-state index in [0.717, 1.165) is 25.9 Å². The van der Waals surface area contributed by atoms with Gasteiger partial charge >= 0.3 is 5.97 Å². The van der Waals surface area contributed by atoms with Crippen LogP contribution < -0.4 is 4.90 Å². The van der Waals surface area contributed by atoms with Crippen molar-refractivity contribution in [1.29, 1.82) is 0 Å². The average molecular weight is 284 g/mol. The van der Waals surface area contributed by atoms with Crippen molar-refractivity contribution in [3.05, 3.63) is 22.8 Å². The molecule has 1 fully saturated rings. The number of anilines is 1. The summed E-state index contributed by atoms with van der Waals surface area (Å²) in [4.78, 5) is 19.6. The summed E-state index contributed by atoms with van der Waals surface area (Å²) in [5.74, 6) is -0.330. The van der Waals surface area contributed by atoms with Gasteiger partial charge in [-0.3, -0.25) is 0 Å². The topological polar surface area (TPSA) is 56.7 Å². The maximum Gasteiger partial charge on any atom is 0.335 e. The molecular formula is C13H18ClN3O2. The molecule has 0 saturated carbocycles. The highest BCUT2D eigenvalue weighted by Crippen LogP contribution is 2.23. The highest BCUT2D eigenvalue weighted by molar-refractivity contribution is 6.29. The van der Waals surface area contributed by atoms with Crippen molar-refractivity contribution in [3.8, 4) is 0 Å². The first-order valence-electron chi connectivity index (χ1n) is 6.29. The summed E-state index contributed by atoms with van der Waals surface area (Å²) in [5.41, 5.74) is 0.182. The zero-order valence-electron chi connectivity index (χ0n) is 11.1. The monoisotopic (exact) mass is 283 g/mol. The first-order chi connectivity index (χ1) is 8.97. The summed E-state index contributed by atoms with van der Waals surface area (Å²) >= 11 is 5.90. The van der Waals surface area contributed by atoms with Crippen LogP contribution in [0.1, 0.15) is 23.2 Å². The van der Waals surface area contributed by atoms with E-state index in [1.165, 1.54) is 6.07 Å². The number of pyridine rings is 1. The maximum atomic E-state index is 11.0. The molecule has 2 heterocycles. The lowest BCUT2D eigenvalue weighted by atomic mass is 10.0. The summed E-state index contributed by atoms with van der Waals surface area (Å²) in [5, 5.41) is 9.28. The number of nitrogens with zero attached hydrogens (tertiary/aromatic N) is 3. The van der Waals surface area contributed by atoms with Crippen molar-refractivity contribution >= 4 is 23.4 Å². The van der Waals surface area contributed by atoms with Gasteiger partial charge in [0.25, 0.3) is 0 Å². The minimum absolute atomic E-state index is 0.182. The largest absolute Gasteiger partial charge is 0.478 e. The number of carboxylic acid groups (broad SMARTS) is 1. The lowest BCUT2D eigenvalue weighted by Gasteiger charge is -2.36. The van der Waals surface area contributed by atoms with Gasteiger partial charge in [-0.25, -0.2) is 9.78 Å². The van der Waals surface area contributed by atoms with Crippen LogP contribution in [0.15, 0.2) is 12.1 Å². The number of aromatic nitrogens is 1. The van der Waals surface area contributed by atoms with Crippen LogP contribution in [0.5, 0.6) is 0 Å². The normalized spacial score (nSPS) is 19.8. The van der Waals surface area contributed by atoms with Gasteiger partial charge in [0.2, 0.25) is 0 Å². The lowest BCUT2D eigenvalue weighted by molar-refractivity contribution is 0.0697. The molecule has 1 aromatic rings. The van der Waals surface area contributed by atoms with E-state index in [0.29, 0.717) is 11.9 Å². The molecule has 2 rings (SSSR count). The number of likely N-dealkylation sites (N-methyl/N-ethyl adjacent to an activating group) is 1. The van der Waals surface area contributed by atoms with Crippen molar-refractivity contribution in [2.75, 3.05) is 32.1 Å². The highest BCUT2D eigenvalue weighted by Gasteiger charge is 2.23. The Balaban J connectivity index is 2.23. The minimum atomic E-state index is -0.980. The number of hydrogen-bond acceptors (Lipinski definition) is 4. The third-order valence-electron chi connectivity index (χ3n) is 3.48. The molecule has 0 aromatic carbocycles. The second-order valence-corrected chi connectivity index (χ2v) is 5.43. The molecule has 19 heavy (non-hydrogen) atoms. The van der Waals surface area contributed by atoms with E-state index in [-0.39, 0.29) is 10.7 Å². The Bertz CT molecular complexity index is 479. The fraction of sp³-hybridized carbons (Fsp3) is 0.538. The van der Waals surface area contributed by atoms with Gasteiger partial charge in [-0.15, -0.1) is 0 Å². The molecule has 0 radical (unpaired) electrons. The van der Waals surface area contributed by atoms with Crippen molar-refractivity contribution in [2.45, 2.75) is 18.9 Å². The van der Waals surface area contributed by atoms with Gasteiger partial charge in [-0.2, -0.15) is 0 Å². The van der Waals surface area contributed by atoms with E-state index >= 15 is 0 Å². The first kappa shape index (κ1) is 14.1. The smallest absolute Gasteiger partial charge is 0.335 e. The van der Waals surface area contributed by atoms with Crippen molar-refractivity contribution in [2.24, 2.45) is 0 Å². The highest BCUT2D eigenvalue weighted by atomic mass is 35.5.